The van der Waals surface area contributed by atoms with Crippen LogP contribution >= 0.6 is 23.5 Å². The van der Waals surface area contributed by atoms with E-state index in [2.05, 4.69) is 5.32 Å². The molecule has 2 atom stereocenters. The van der Waals surface area contributed by atoms with E-state index in [0.717, 1.165) is 6.07 Å². The van der Waals surface area contributed by atoms with Crippen LogP contribution in [0.15, 0.2) is 22.0 Å². The van der Waals surface area contributed by atoms with Gasteiger partial charge in [0.15, 0.2) is 0 Å². The predicted octanol–water partition coefficient (Wildman–Crippen LogP) is 1.98. The van der Waals surface area contributed by atoms with E-state index in [1.165, 1.54) is 30.4 Å². The third-order valence-corrected chi connectivity index (χ3v) is 7.87. The lowest BCUT2D eigenvalue weighted by atomic mass is 10.1. The second kappa shape index (κ2) is 9.49. The van der Waals surface area contributed by atoms with Crippen molar-refractivity contribution in [2.45, 2.75) is 30.3 Å². The predicted molar refractivity (Wildman–Crippen MR) is 130 cm³/mol. The Kier molecular flexibility index (Phi) is 6.81. The molecule has 0 saturated carbocycles. The number of carbonyl (C=O) groups excluding carboxylic acids is 2. The normalized spacial score (nSPS) is 18.3. The summed E-state index contributed by atoms with van der Waals surface area (Å²) in [5, 5.41) is 12.5. The maximum absolute atomic E-state index is 15.1. The summed E-state index contributed by atoms with van der Waals surface area (Å²) in [5.74, 6) is -1.90. The van der Waals surface area contributed by atoms with Gasteiger partial charge in [-0.2, -0.15) is 11.8 Å². The quantitative estimate of drug-likeness (QED) is 0.609. The Bertz CT molecular complexity index is 1240. The number of carboxylic acids is 1. The average molecular weight is 509 g/mol. The van der Waals surface area contributed by atoms with Gasteiger partial charge in [-0.3, -0.25) is 14.4 Å². The molecule has 0 spiro atoms. The second-order valence-electron chi connectivity index (χ2n) is 8.24. The maximum Gasteiger partial charge on any atom is 0.342 e. The summed E-state index contributed by atoms with van der Waals surface area (Å²) in [6, 6.07) is 2.11. The van der Waals surface area contributed by atoms with Crippen molar-refractivity contribution >= 4 is 57.9 Å². The van der Waals surface area contributed by atoms with Gasteiger partial charge < -0.3 is 24.8 Å². The first-order chi connectivity index (χ1) is 16.1. The van der Waals surface area contributed by atoms with Gasteiger partial charge in [0.25, 0.3) is 0 Å². The van der Waals surface area contributed by atoms with E-state index < -0.39 is 23.3 Å². The number of piperazine rings is 1. The molecule has 1 saturated heterocycles. The number of amides is 2. The monoisotopic (exact) mass is 508 g/mol. The molecule has 2 aliphatic rings. The Morgan fingerprint density at radius 2 is 1.94 bits per heavy atom. The molecule has 182 valence electrons. The third kappa shape index (κ3) is 4.24. The van der Waals surface area contributed by atoms with Crippen LogP contribution in [0.25, 0.3) is 10.9 Å². The number of pyridine rings is 1. The Morgan fingerprint density at radius 1 is 1.26 bits per heavy atom. The molecule has 2 N–H and O–H groups in total. The topological polar surface area (TPSA) is 112 Å². The van der Waals surface area contributed by atoms with E-state index in [-0.39, 0.29) is 28.1 Å². The van der Waals surface area contributed by atoms with Gasteiger partial charge >= 0.3 is 5.97 Å². The van der Waals surface area contributed by atoms with Crippen LogP contribution in [0.3, 0.4) is 0 Å². The van der Waals surface area contributed by atoms with Crippen LogP contribution in [0.5, 0.6) is 0 Å². The molecule has 0 aliphatic carbocycles. The number of fused-ring (bicyclic) bond motifs is 3. The van der Waals surface area contributed by atoms with E-state index in [9.17, 15) is 24.3 Å². The Labute approximate surface area is 203 Å². The SMILES string of the molecule is CSC[C@@H](NC(C)=O)C(=O)N1CCN(c2cc3c(cc2F)c(=O)c(C(=O)O)c2n3C(C)S2)CC1. The standard InChI is InChI=1S/C22H25FN4O5S2/c1-11(28)24-15(10-33-3)20(30)26-6-4-25(5-7-26)17-9-16-13(8-14(17)23)19(29)18(22(31)32)21-27(16)12(2)34-21/h8-9,12,15H,4-7,10H2,1-3H3,(H,24,28)(H,31,32)/t12?,15-/m1/s1. The Hall–Kier alpha value is -2.73. The molecule has 2 aliphatic heterocycles. The van der Waals surface area contributed by atoms with Gasteiger partial charge in [0.1, 0.15) is 17.4 Å². The van der Waals surface area contributed by atoms with Crippen molar-refractivity contribution in [1.82, 2.24) is 14.8 Å². The summed E-state index contributed by atoms with van der Waals surface area (Å²) in [6.07, 6.45) is 1.86. The molecule has 3 heterocycles. The smallest absolute Gasteiger partial charge is 0.342 e. The van der Waals surface area contributed by atoms with E-state index in [0.29, 0.717) is 48.2 Å². The molecule has 1 unspecified atom stereocenters. The highest BCUT2D eigenvalue weighted by atomic mass is 32.2. The zero-order valence-corrected chi connectivity index (χ0v) is 20.6. The fourth-order valence-corrected chi connectivity index (χ4v) is 6.16. The maximum atomic E-state index is 15.1. The molecular formula is C22H25FN4O5S2. The number of carboxylic acid groups (broad SMARTS) is 1. The minimum Gasteiger partial charge on any atom is -0.477 e. The van der Waals surface area contributed by atoms with Crippen LogP contribution in [-0.4, -0.2) is 76.6 Å². The number of benzene rings is 1. The number of hydrogen-bond acceptors (Lipinski definition) is 7. The van der Waals surface area contributed by atoms with Gasteiger partial charge in [0.05, 0.1) is 21.6 Å². The zero-order chi connectivity index (χ0) is 24.7. The third-order valence-electron chi connectivity index (χ3n) is 6.03. The largest absolute Gasteiger partial charge is 0.477 e. The number of nitrogens with zero attached hydrogens (tertiary/aromatic N) is 3. The summed E-state index contributed by atoms with van der Waals surface area (Å²) in [4.78, 5) is 52.2. The molecule has 1 fully saturated rings. The molecule has 1 aromatic carbocycles. The number of rotatable bonds is 6. The van der Waals surface area contributed by atoms with Crippen LogP contribution < -0.4 is 15.6 Å². The lowest BCUT2D eigenvalue weighted by Crippen LogP contribution is -2.55. The minimum atomic E-state index is -1.32. The molecule has 0 radical (unpaired) electrons. The van der Waals surface area contributed by atoms with Gasteiger partial charge in [-0.1, -0.05) is 11.8 Å². The van der Waals surface area contributed by atoms with E-state index in [1.54, 1.807) is 15.5 Å². The number of nitrogens with one attached hydrogen (secondary N) is 1. The van der Waals surface area contributed by atoms with E-state index in [1.807, 2.05) is 18.1 Å². The number of carbonyl (C=O) groups is 3. The fourth-order valence-electron chi connectivity index (χ4n) is 4.44. The van der Waals surface area contributed by atoms with Crippen LogP contribution in [0.1, 0.15) is 29.6 Å². The first kappa shape index (κ1) is 24.4. The van der Waals surface area contributed by atoms with Crippen LogP contribution in [0, 0.1) is 5.82 Å². The Balaban J connectivity index is 1.60. The van der Waals surface area contributed by atoms with Crippen LogP contribution in [0.2, 0.25) is 0 Å². The van der Waals surface area contributed by atoms with Gasteiger partial charge in [-0.05, 0) is 25.3 Å². The lowest BCUT2D eigenvalue weighted by molar-refractivity contribution is -0.135. The van der Waals surface area contributed by atoms with Gasteiger partial charge in [-0.25, -0.2) is 9.18 Å². The zero-order valence-electron chi connectivity index (χ0n) is 19.0. The molecule has 0 bridgehead atoms. The molecule has 9 nitrogen and oxygen atoms in total. The van der Waals surface area contributed by atoms with Crippen molar-refractivity contribution in [3.63, 3.8) is 0 Å². The summed E-state index contributed by atoms with van der Waals surface area (Å²) in [5.41, 5.74) is -0.207. The molecule has 34 heavy (non-hydrogen) atoms. The summed E-state index contributed by atoms with van der Waals surface area (Å²) in [7, 11) is 0. The van der Waals surface area contributed by atoms with Crippen molar-refractivity contribution < 1.29 is 23.9 Å². The molecule has 12 heteroatoms. The summed E-state index contributed by atoms with van der Waals surface area (Å²) in [6.45, 7) is 4.76. The molecular weight excluding hydrogens is 483 g/mol. The van der Waals surface area contributed by atoms with Crippen molar-refractivity contribution in [3.8, 4) is 0 Å². The van der Waals surface area contributed by atoms with Crippen LogP contribution in [-0.2, 0) is 9.59 Å². The highest BCUT2D eigenvalue weighted by Gasteiger charge is 2.34. The van der Waals surface area contributed by atoms with Crippen molar-refractivity contribution in [3.05, 3.63) is 33.7 Å². The molecule has 4 rings (SSSR count). The first-order valence-electron chi connectivity index (χ1n) is 10.8. The average Bonchev–Trinajstić information content (AvgIpc) is 2.77. The summed E-state index contributed by atoms with van der Waals surface area (Å²) >= 11 is 2.76. The molecule has 2 amide bonds. The number of aromatic carboxylic acids is 1. The molecule has 2 aromatic rings. The number of aromatic nitrogens is 1. The summed E-state index contributed by atoms with van der Waals surface area (Å²) < 4.78 is 16.9. The Morgan fingerprint density at radius 3 is 2.50 bits per heavy atom. The second-order valence-corrected chi connectivity index (χ2v) is 10.5. The number of thioether (sulfide) groups is 2. The van der Waals surface area contributed by atoms with Crippen molar-refractivity contribution in [2.24, 2.45) is 0 Å². The van der Waals surface area contributed by atoms with E-state index in [4.69, 9.17) is 0 Å². The van der Waals surface area contributed by atoms with Gasteiger partial charge in [0, 0.05) is 44.2 Å². The van der Waals surface area contributed by atoms with Crippen LogP contribution in [0.4, 0.5) is 10.1 Å². The van der Waals surface area contributed by atoms with Gasteiger partial charge in [0.2, 0.25) is 17.2 Å². The van der Waals surface area contributed by atoms with Crippen molar-refractivity contribution in [1.29, 1.82) is 0 Å². The van der Waals surface area contributed by atoms with Crippen molar-refractivity contribution in [2.75, 3.05) is 43.1 Å². The first-order valence-corrected chi connectivity index (χ1v) is 13.0. The molecule has 1 aromatic heterocycles. The number of halogens is 1. The lowest BCUT2D eigenvalue weighted by Gasteiger charge is -2.38. The number of anilines is 1. The highest BCUT2D eigenvalue weighted by molar-refractivity contribution is 8.00. The van der Waals surface area contributed by atoms with Gasteiger partial charge in [-0.15, -0.1) is 0 Å². The highest BCUT2D eigenvalue weighted by Crippen LogP contribution is 2.46. The minimum absolute atomic E-state index is 0.0404. The number of hydrogen-bond donors (Lipinski definition) is 2. The fraction of sp³-hybridized carbons (Fsp3) is 0.455. The van der Waals surface area contributed by atoms with E-state index >= 15 is 4.39 Å².